The van der Waals surface area contributed by atoms with Gasteiger partial charge in [0.1, 0.15) is 5.00 Å². The van der Waals surface area contributed by atoms with Crippen molar-refractivity contribution in [2.45, 2.75) is 43.9 Å². The Bertz CT molecular complexity index is 964. The average molecular weight is 422 g/mol. The molecule has 1 aromatic carbocycles. The predicted molar refractivity (Wildman–Crippen MR) is 109 cm³/mol. The molecule has 1 aromatic heterocycles. The molecule has 0 spiro atoms. The molecule has 1 aliphatic rings. The van der Waals surface area contributed by atoms with E-state index in [-0.39, 0.29) is 36.0 Å². The number of ether oxygens (including phenoxy) is 1. The molecule has 1 aliphatic carbocycles. The Balaban J connectivity index is 1.62. The van der Waals surface area contributed by atoms with Crippen LogP contribution in [-0.4, -0.2) is 32.7 Å². The smallest absolute Gasteiger partial charge is 0.341 e. The van der Waals surface area contributed by atoms with Crippen LogP contribution in [0.4, 0.5) is 5.00 Å². The van der Waals surface area contributed by atoms with Gasteiger partial charge in [0.15, 0.2) is 9.84 Å². The molecule has 28 heavy (non-hydrogen) atoms. The number of esters is 1. The summed E-state index contributed by atoms with van der Waals surface area (Å²) in [4.78, 5) is 26.0. The summed E-state index contributed by atoms with van der Waals surface area (Å²) < 4.78 is 29.7. The fraction of sp³-hybridized carbons (Fsp3) is 0.400. The van der Waals surface area contributed by atoms with Gasteiger partial charge in [-0.1, -0.05) is 18.2 Å². The zero-order valence-corrected chi connectivity index (χ0v) is 17.3. The predicted octanol–water partition coefficient (Wildman–Crippen LogP) is 3.61. The third-order valence-electron chi connectivity index (χ3n) is 4.57. The monoisotopic (exact) mass is 421 g/mol. The van der Waals surface area contributed by atoms with Crippen LogP contribution in [0.3, 0.4) is 0 Å². The Hall–Kier alpha value is -2.19. The van der Waals surface area contributed by atoms with Crippen LogP contribution >= 0.6 is 11.3 Å². The lowest BCUT2D eigenvalue weighted by Gasteiger charge is -2.08. The Labute approximate surface area is 168 Å². The van der Waals surface area contributed by atoms with E-state index >= 15 is 0 Å². The second-order valence-corrected chi connectivity index (χ2v) is 9.78. The first-order valence-corrected chi connectivity index (χ1v) is 11.8. The Morgan fingerprint density at radius 3 is 2.64 bits per heavy atom. The largest absolute Gasteiger partial charge is 0.462 e. The number of carbonyl (C=O) groups excluding carboxylic acids is 2. The molecule has 0 bridgehead atoms. The van der Waals surface area contributed by atoms with Crippen molar-refractivity contribution < 1.29 is 22.7 Å². The van der Waals surface area contributed by atoms with Gasteiger partial charge in [-0.2, -0.15) is 0 Å². The fourth-order valence-electron chi connectivity index (χ4n) is 3.27. The molecule has 0 aliphatic heterocycles. The van der Waals surface area contributed by atoms with Gasteiger partial charge in [-0.05, 0) is 50.3 Å². The third kappa shape index (κ3) is 4.62. The molecule has 2 aromatic rings. The minimum absolute atomic E-state index is 0.0664. The van der Waals surface area contributed by atoms with Crippen LogP contribution in [0.5, 0.6) is 0 Å². The van der Waals surface area contributed by atoms with Crippen LogP contribution in [0.15, 0.2) is 35.2 Å². The Morgan fingerprint density at radius 2 is 1.93 bits per heavy atom. The number of sulfone groups is 1. The van der Waals surface area contributed by atoms with Crippen LogP contribution in [-0.2, 0) is 32.2 Å². The van der Waals surface area contributed by atoms with Gasteiger partial charge in [0.2, 0.25) is 5.91 Å². The van der Waals surface area contributed by atoms with Crippen molar-refractivity contribution in [3.8, 4) is 0 Å². The molecular formula is C20H23NO5S2. The minimum Gasteiger partial charge on any atom is -0.462 e. The topological polar surface area (TPSA) is 89.5 Å². The number of hydrogen-bond donors (Lipinski definition) is 1. The number of amides is 1. The molecule has 0 radical (unpaired) electrons. The molecule has 0 saturated carbocycles. The Kier molecular flexibility index (Phi) is 6.51. The van der Waals surface area contributed by atoms with Gasteiger partial charge < -0.3 is 10.1 Å². The van der Waals surface area contributed by atoms with Crippen LogP contribution in [0.25, 0.3) is 0 Å². The van der Waals surface area contributed by atoms with Gasteiger partial charge in [-0.15, -0.1) is 11.3 Å². The van der Waals surface area contributed by atoms with E-state index < -0.39 is 15.8 Å². The molecule has 8 heteroatoms. The number of benzene rings is 1. The molecule has 1 amide bonds. The standard InChI is InChI=1S/C20H23NO5S2/c1-2-26-20(23)18-15-10-6-11-16(15)27-19(18)21-17(22)12-7-13-28(24,25)14-8-4-3-5-9-14/h3-5,8-9H,2,6-7,10-13H2,1H3,(H,21,22). The lowest BCUT2D eigenvalue weighted by atomic mass is 10.1. The maximum Gasteiger partial charge on any atom is 0.341 e. The second kappa shape index (κ2) is 8.87. The number of fused-ring (bicyclic) bond motifs is 1. The molecule has 0 fully saturated rings. The van der Waals surface area contributed by atoms with Crippen LogP contribution in [0.1, 0.15) is 47.0 Å². The van der Waals surface area contributed by atoms with Crippen molar-refractivity contribution in [3.05, 3.63) is 46.3 Å². The number of nitrogens with one attached hydrogen (secondary N) is 1. The highest BCUT2D eigenvalue weighted by molar-refractivity contribution is 7.91. The summed E-state index contributed by atoms with van der Waals surface area (Å²) in [5.74, 6) is -0.812. The Morgan fingerprint density at radius 1 is 1.18 bits per heavy atom. The quantitative estimate of drug-likeness (QED) is 0.658. The molecule has 0 unspecified atom stereocenters. The van der Waals surface area contributed by atoms with Crippen molar-refractivity contribution in [2.24, 2.45) is 0 Å². The van der Waals surface area contributed by atoms with Crippen molar-refractivity contribution in [1.29, 1.82) is 0 Å². The van der Waals surface area contributed by atoms with E-state index in [1.165, 1.54) is 11.3 Å². The van der Waals surface area contributed by atoms with Crippen molar-refractivity contribution in [1.82, 2.24) is 0 Å². The van der Waals surface area contributed by atoms with Gasteiger partial charge in [-0.3, -0.25) is 4.79 Å². The first kappa shape index (κ1) is 20.5. The van der Waals surface area contributed by atoms with Gasteiger partial charge >= 0.3 is 5.97 Å². The van der Waals surface area contributed by atoms with Gasteiger partial charge in [-0.25, -0.2) is 13.2 Å². The van der Waals surface area contributed by atoms with E-state index in [2.05, 4.69) is 5.32 Å². The highest BCUT2D eigenvalue weighted by Crippen LogP contribution is 2.39. The fourth-order valence-corrected chi connectivity index (χ4v) is 5.89. The first-order valence-electron chi connectivity index (χ1n) is 9.31. The minimum atomic E-state index is -3.41. The number of carbonyl (C=O) groups is 2. The highest BCUT2D eigenvalue weighted by atomic mass is 32.2. The SMILES string of the molecule is CCOC(=O)c1c(NC(=O)CCCS(=O)(=O)c2ccccc2)sc2c1CCC2. The molecule has 1 N–H and O–H groups in total. The van der Waals surface area contributed by atoms with Crippen LogP contribution in [0, 0.1) is 0 Å². The number of rotatable bonds is 8. The molecule has 0 atom stereocenters. The second-order valence-electron chi connectivity index (χ2n) is 6.57. The summed E-state index contributed by atoms with van der Waals surface area (Å²) in [6, 6.07) is 8.20. The van der Waals surface area contributed by atoms with E-state index in [9.17, 15) is 18.0 Å². The van der Waals surface area contributed by atoms with Gasteiger partial charge in [0.05, 0.1) is 22.8 Å². The maximum atomic E-state index is 12.3. The first-order chi connectivity index (χ1) is 13.4. The number of thiophene rings is 1. The van der Waals surface area contributed by atoms with Crippen LogP contribution in [0.2, 0.25) is 0 Å². The van der Waals surface area contributed by atoms with E-state index in [4.69, 9.17) is 4.74 Å². The molecule has 0 saturated heterocycles. The zero-order chi connectivity index (χ0) is 20.1. The van der Waals surface area contributed by atoms with Crippen molar-refractivity contribution in [3.63, 3.8) is 0 Å². The summed E-state index contributed by atoms with van der Waals surface area (Å²) in [7, 11) is -3.41. The molecule has 150 valence electrons. The lowest BCUT2D eigenvalue weighted by molar-refractivity contribution is -0.116. The zero-order valence-electron chi connectivity index (χ0n) is 15.7. The van der Waals surface area contributed by atoms with Crippen LogP contribution < -0.4 is 5.32 Å². The summed E-state index contributed by atoms with van der Waals surface area (Å²) in [6.07, 6.45) is 2.99. The maximum absolute atomic E-state index is 12.3. The third-order valence-corrected chi connectivity index (χ3v) is 7.60. The summed E-state index contributed by atoms with van der Waals surface area (Å²) in [6.45, 7) is 2.02. The highest BCUT2D eigenvalue weighted by Gasteiger charge is 2.28. The number of aryl methyl sites for hydroxylation is 1. The summed E-state index contributed by atoms with van der Waals surface area (Å²) in [5, 5.41) is 3.30. The van der Waals surface area contributed by atoms with E-state index in [1.807, 2.05) is 0 Å². The van der Waals surface area contributed by atoms with Crippen molar-refractivity contribution >= 4 is 38.1 Å². The average Bonchev–Trinajstić information content (AvgIpc) is 3.23. The van der Waals surface area contributed by atoms with E-state index in [0.29, 0.717) is 10.6 Å². The van der Waals surface area contributed by atoms with E-state index in [1.54, 1.807) is 37.3 Å². The normalized spacial score (nSPS) is 13.2. The van der Waals surface area contributed by atoms with Gasteiger partial charge in [0.25, 0.3) is 0 Å². The molecular weight excluding hydrogens is 398 g/mol. The summed E-state index contributed by atoms with van der Waals surface area (Å²) >= 11 is 1.42. The number of anilines is 1. The summed E-state index contributed by atoms with van der Waals surface area (Å²) in [5.41, 5.74) is 1.44. The van der Waals surface area contributed by atoms with Gasteiger partial charge in [0, 0.05) is 11.3 Å². The van der Waals surface area contributed by atoms with E-state index in [0.717, 1.165) is 29.7 Å². The van der Waals surface area contributed by atoms with Crippen molar-refractivity contribution in [2.75, 3.05) is 17.7 Å². The number of hydrogen-bond acceptors (Lipinski definition) is 6. The molecule has 1 heterocycles. The lowest BCUT2D eigenvalue weighted by Crippen LogP contribution is -2.16. The molecule has 3 rings (SSSR count). The molecule has 6 nitrogen and oxygen atoms in total.